The van der Waals surface area contributed by atoms with Gasteiger partial charge in [-0.3, -0.25) is 4.72 Å². The lowest BCUT2D eigenvalue weighted by atomic mass is 10.3. The fraction of sp³-hybridized carbons (Fsp3) is 0. The highest BCUT2D eigenvalue weighted by Gasteiger charge is 2.18. The normalized spacial score (nSPS) is 12.1. The van der Waals surface area contributed by atoms with Gasteiger partial charge in [0.1, 0.15) is 5.82 Å². The van der Waals surface area contributed by atoms with Gasteiger partial charge in [0.15, 0.2) is 0 Å². The molecule has 10 heteroatoms. The molecular weight excluding hydrogens is 355 g/mol. The van der Waals surface area contributed by atoms with Crippen molar-refractivity contribution in [3.05, 3.63) is 53.3 Å². The largest absolute Gasteiger partial charge is 0.277 e. The summed E-state index contributed by atoms with van der Waals surface area (Å²) in [7, 11) is -8.10. The first-order chi connectivity index (χ1) is 10.1. The van der Waals surface area contributed by atoms with Crippen LogP contribution < -0.4 is 9.86 Å². The van der Waals surface area contributed by atoms with Gasteiger partial charge >= 0.3 is 0 Å². The summed E-state index contributed by atoms with van der Waals surface area (Å²) in [5.41, 5.74) is -0.401. The van der Waals surface area contributed by atoms with Gasteiger partial charge in [0.2, 0.25) is 10.0 Å². The van der Waals surface area contributed by atoms with Crippen LogP contribution in [0.5, 0.6) is 0 Å². The van der Waals surface area contributed by atoms with E-state index in [0.29, 0.717) is 11.1 Å². The summed E-state index contributed by atoms with van der Waals surface area (Å²) in [6, 6.07) is 7.85. The van der Waals surface area contributed by atoms with Crippen molar-refractivity contribution in [3.63, 3.8) is 0 Å². The van der Waals surface area contributed by atoms with Gasteiger partial charge in [0.25, 0.3) is 10.0 Å². The Morgan fingerprint density at radius 3 is 2.00 bits per heavy atom. The van der Waals surface area contributed by atoms with Crippen LogP contribution >= 0.6 is 11.6 Å². The van der Waals surface area contributed by atoms with Crippen molar-refractivity contribution in [3.8, 4) is 0 Å². The van der Waals surface area contributed by atoms with Crippen LogP contribution in [0.2, 0.25) is 5.02 Å². The van der Waals surface area contributed by atoms with Crippen LogP contribution in [0.25, 0.3) is 0 Å². The number of anilines is 1. The highest BCUT2D eigenvalue weighted by molar-refractivity contribution is 7.92. The molecule has 0 radical (unpaired) electrons. The second-order valence-corrected chi connectivity index (χ2v) is 7.93. The van der Waals surface area contributed by atoms with Gasteiger partial charge in [-0.2, -0.15) is 0 Å². The van der Waals surface area contributed by atoms with E-state index < -0.39 is 36.4 Å². The molecule has 2 rings (SSSR count). The summed E-state index contributed by atoms with van der Waals surface area (Å²) in [5.74, 6) is -1.07. The Labute approximate surface area is 131 Å². The van der Waals surface area contributed by atoms with Gasteiger partial charge in [0.05, 0.1) is 15.5 Å². The van der Waals surface area contributed by atoms with Crippen LogP contribution in [0.3, 0.4) is 0 Å². The van der Waals surface area contributed by atoms with E-state index in [1.807, 2.05) is 4.72 Å². The van der Waals surface area contributed by atoms with Crippen LogP contribution in [-0.4, -0.2) is 16.8 Å². The SMILES string of the molecule is NS(=O)(=O)c1ccc(NS(=O)(=O)c2ccc(Cl)cc2)c(F)c1. The lowest BCUT2D eigenvalue weighted by molar-refractivity contribution is 0.592. The number of sulfonamides is 2. The summed E-state index contributed by atoms with van der Waals surface area (Å²) < 4.78 is 62.2. The maximum Gasteiger partial charge on any atom is 0.261 e. The third kappa shape index (κ3) is 3.74. The van der Waals surface area contributed by atoms with E-state index in [1.165, 1.54) is 24.3 Å². The third-order valence-corrected chi connectivity index (χ3v) is 5.18. The highest BCUT2D eigenvalue weighted by atomic mass is 35.5. The lowest BCUT2D eigenvalue weighted by Crippen LogP contribution is -2.15. The maximum absolute atomic E-state index is 13.8. The van der Waals surface area contributed by atoms with Crippen LogP contribution in [-0.2, 0) is 20.0 Å². The Morgan fingerprint density at radius 1 is 0.955 bits per heavy atom. The summed E-state index contributed by atoms with van der Waals surface area (Å²) in [6.07, 6.45) is 0. The molecule has 0 saturated heterocycles. The predicted molar refractivity (Wildman–Crippen MR) is 80.0 cm³/mol. The predicted octanol–water partition coefficient (Wildman–Crippen LogP) is 1.93. The first-order valence-electron chi connectivity index (χ1n) is 5.70. The molecule has 0 fully saturated rings. The number of primary sulfonamides is 1. The van der Waals surface area contributed by atoms with Crippen LogP contribution in [0.1, 0.15) is 0 Å². The number of hydrogen-bond donors (Lipinski definition) is 2. The molecule has 0 bridgehead atoms. The van der Waals surface area contributed by atoms with Crippen molar-refractivity contribution in [1.82, 2.24) is 0 Å². The van der Waals surface area contributed by atoms with Crippen LogP contribution in [0, 0.1) is 5.82 Å². The van der Waals surface area contributed by atoms with E-state index in [9.17, 15) is 21.2 Å². The van der Waals surface area contributed by atoms with Crippen molar-refractivity contribution in [2.75, 3.05) is 4.72 Å². The van der Waals surface area contributed by atoms with E-state index in [0.717, 1.165) is 12.1 Å². The lowest BCUT2D eigenvalue weighted by Gasteiger charge is -2.09. The number of halogens is 2. The molecular formula is C12H10ClFN2O4S2. The molecule has 2 aromatic rings. The smallest absolute Gasteiger partial charge is 0.261 e. The average molecular weight is 365 g/mol. The minimum absolute atomic E-state index is 0.119. The summed E-state index contributed by atoms with van der Waals surface area (Å²) >= 11 is 5.66. The Hall–Kier alpha value is -1.68. The van der Waals surface area contributed by atoms with Gasteiger partial charge in [-0.05, 0) is 42.5 Å². The fourth-order valence-electron chi connectivity index (χ4n) is 1.57. The Bertz CT molecular complexity index is 913. The van der Waals surface area contributed by atoms with Gasteiger partial charge in [0, 0.05) is 5.02 Å². The molecule has 0 spiro atoms. The number of hydrogen-bond acceptors (Lipinski definition) is 4. The van der Waals surface area contributed by atoms with Gasteiger partial charge in [-0.15, -0.1) is 0 Å². The standard InChI is InChI=1S/C12H10ClFN2O4S2/c13-8-1-3-9(4-2-8)22(19,20)16-12-6-5-10(7-11(12)14)21(15,17)18/h1-7,16H,(H2,15,17,18). The van der Waals surface area contributed by atoms with E-state index in [2.05, 4.69) is 0 Å². The molecule has 0 amide bonds. The first kappa shape index (κ1) is 16.7. The molecule has 2 aromatic carbocycles. The monoisotopic (exact) mass is 364 g/mol. The number of nitrogens with two attached hydrogens (primary N) is 1. The van der Waals surface area contributed by atoms with E-state index in [1.54, 1.807) is 0 Å². The number of rotatable bonds is 4. The van der Waals surface area contributed by atoms with Crippen molar-refractivity contribution in [2.24, 2.45) is 5.14 Å². The maximum atomic E-state index is 13.8. The zero-order valence-corrected chi connectivity index (χ0v) is 13.2. The molecule has 0 unspecified atom stereocenters. The molecule has 0 saturated carbocycles. The molecule has 22 heavy (non-hydrogen) atoms. The minimum Gasteiger partial charge on any atom is -0.277 e. The first-order valence-corrected chi connectivity index (χ1v) is 9.11. The van der Waals surface area contributed by atoms with Gasteiger partial charge in [-0.25, -0.2) is 26.4 Å². The molecule has 6 nitrogen and oxygen atoms in total. The molecule has 0 aliphatic heterocycles. The van der Waals surface area contributed by atoms with E-state index >= 15 is 0 Å². The summed E-state index contributed by atoms with van der Waals surface area (Å²) in [4.78, 5) is -0.578. The zero-order valence-electron chi connectivity index (χ0n) is 10.8. The van der Waals surface area contributed by atoms with E-state index in [4.69, 9.17) is 16.7 Å². The second kappa shape index (κ2) is 5.84. The fourth-order valence-corrected chi connectivity index (χ4v) is 3.29. The quantitative estimate of drug-likeness (QED) is 0.864. The Balaban J connectivity index is 2.36. The summed E-state index contributed by atoms with van der Waals surface area (Å²) in [6.45, 7) is 0. The van der Waals surface area contributed by atoms with Crippen molar-refractivity contribution in [1.29, 1.82) is 0 Å². The molecule has 0 aliphatic rings. The Kier molecular flexibility index (Phi) is 4.43. The van der Waals surface area contributed by atoms with Crippen molar-refractivity contribution in [2.45, 2.75) is 9.79 Å². The van der Waals surface area contributed by atoms with Gasteiger partial charge < -0.3 is 0 Å². The zero-order chi connectivity index (χ0) is 16.5. The highest BCUT2D eigenvalue weighted by Crippen LogP contribution is 2.22. The van der Waals surface area contributed by atoms with Crippen LogP contribution in [0.15, 0.2) is 52.3 Å². The molecule has 0 heterocycles. The summed E-state index contributed by atoms with van der Waals surface area (Å²) in [5, 5.41) is 5.21. The average Bonchev–Trinajstić information content (AvgIpc) is 2.40. The topological polar surface area (TPSA) is 106 Å². The molecule has 3 N–H and O–H groups in total. The van der Waals surface area contributed by atoms with E-state index in [-0.39, 0.29) is 4.90 Å². The minimum atomic E-state index is -4.07. The van der Waals surface area contributed by atoms with Crippen molar-refractivity contribution >= 4 is 37.3 Å². The van der Waals surface area contributed by atoms with Crippen LogP contribution in [0.4, 0.5) is 10.1 Å². The third-order valence-electron chi connectivity index (χ3n) is 2.64. The molecule has 0 aliphatic carbocycles. The second-order valence-electron chi connectivity index (χ2n) is 4.25. The van der Waals surface area contributed by atoms with Gasteiger partial charge in [-0.1, -0.05) is 11.6 Å². The van der Waals surface area contributed by atoms with Crippen molar-refractivity contribution < 1.29 is 21.2 Å². The molecule has 118 valence electrons. The molecule has 0 aromatic heterocycles. The number of nitrogens with one attached hydrogen (secondary N) is 1. The molecule has 0 atom stereocenters. The number of benzene rings is 2. The Morgan fingerprint density at radius 2 is 1.50 bits per heavy atom.